The third kappa shape index (κ3) is 3.01. The number of fused-ring (bicyclic) bond motifs is 1. The molecule has 1 nitrogen and oxygen atoms in total. The lowest BCUT2D eigenvalue weighted by Gasteiger charge is -1.97. The summed E-state index contributed by atoms with van der Waals surface area (Å²) in [6.45, 7) is 1.57. The highest BCUT2D eigenvalue weighted by Gasteiger charge is 1.97. The minimum absolute atomic E-state index is 0.0732. The summed E-state index contributed by atoms with van der Waals surface area (Å²) < 4.78 is 0. The second-order valence-electron chi connectivity index (χ2n) is 4.95. The number of carbonyl (C=O) groups excluding carboxylic acids is 1. The van der Waals surface area contributed by atoms with E-state index in [1.165, 1.54) is 10.8 Å². The van der Waals surface area contributed by atoms with Gasteiger partial charge in [0.05, 0.1) is 0 Å². The van der Waals surface area contributed by atoms with Crippen LogP contribution in [0.4, 0.5) is 0 Å². The molecular formula is C20H14O. The highest BCUT2D eigenvalue weighted by Crippen LogP contribution is 2.15. The molecule has 3 rings (SSSR count). The second kappa shape index (κ2) is 5.64. The first-order chi connectivity index (χ1) is 10.2. The first-order valence-corrected chi connectivity index (χ1v) is 6.84. The largest absolute Gasteiger partial charge is 0.295 e. The summed E-state index contributed by atoms with van der Waals surface area (Å²) in [5.74, 6) is 6.37. The molecule has 0 atom stereocenters. The SMILES string of the molecule is CC(=O)c1ccc(C#Cc2ccc3ccccc3c2)cc1. The molecule has 100 valence electrons. The van der Waals surface area contributed by atoms with Crippen LogP contribution in [0, 0.1) is 11.8 Å². The van der Waals surface area contributed by atoms with Crippen LogP contribution in [0.2, 0.25) is 0 Å². The van der Waals surface area contributed by atoms with Gasteiger partial charge in [-0.05, 0) is 42.0 Å². The molecule has 0 saturated carbocycles. The van der Waals surface area contributed by atoms with Gasteiger partial charge >= 0.3 is 0 Å². The van der Waals surface area contributed by atoms with Gasteiger partial charge in [0.15, 0.2) is 5.78 Å². The number of Topliss-reactive ketones (excluding diaryl/α,β-unsaturated/α-hetero) is 1. The summed E-state index contributed by atoms with van der Waals surface area (Å²) in [7, 11) is 0. The van der Waals surface area contributed by atoms with E-state index in [1.807, 2.05) is 42.5 Å². The minimum atomic E-state index is 0.0732. The Balaban J connectivity index is 1.89. The van der Waals surface area contributed by atoms with Crippen molar-refractivity contribution in [3.8, 4) is 11.8 Å². The number of rotatable bonds is 1. The van der Waals surface area contributed by atoms with E-state index in [0.717, 1.165) is 11.1 Å². The van der Waals surface area contributed by atoms with Crippen LogP contribution in [0.25, 0.3) is 10.8 Å². The Hall–Kier alpha value is -2.85. The maximum Gasteiger partial charge on any atom is 0.159 e. The van der Waals surface area contributed by atoms with E-state index in [2.05, 4.69) is 36.1 Å². The molecule has 0 saturated heterocycles. The fraction of sp³-hybridized carbons (Fsp3) is 0.0500. The zero-order valence-electron chi connectivity index (χ0n) is 11.8. The maximum absolute atomic E-state index is 11.2. The Morgan fingerprint density at radius 2 is 1.38 bits per heavy atom. The Kier molecular flexibility index (Phi) is 3.53. The quantitative estimate of drug-likeness (QED) is 0.472. The summed E-state index contributed by atoms with van der Waals surface area (Å²) in [4.78, 5) is 11.2. The molecule has 0 radical (unpaired) electrons. The number of ketones is 1. The van der Waals surface area contributed by atoms with Gasteiger partial charge in [-0.1, -0.05) is 54.3 Å². The van der Waals surface area contributed by atoms with Gasteiger partial charge in [-0.3, -0.25) is 4.79 Å². The van der Waals surface area contributed by atoms with Gasteiger partial charge in [0, 0.05) is 16.7 Å². The molecule has 0 unspecified atom stereocenters. The summed E-state index contributed by atoms with van der Waals surface area (Å²) in [5.41, 5.74) is 2.61. The molecule has 0 heterocycles. The van der Waals surface area contributed by atoms with Crippen molar-refractivity contribution in [3.05, 3.63) is 83.4 Å². The molecular weight excluding hydrogens is 256 g/mol. The fourth-order valence-corrected chi connectivity index (χ4v) is 2.20. The van der Waals surface area contributed by atoms with Crippen LogP contribution in [0.15, 0.2) is 66.7 Å². The highest BCUT2D eigenvalue weighted by atomic mass is 16.1. The van der Waals surface area contributed by atoms with E-state index in [1.54, 1.807) is 6.92 Å². The highest BCUT2D eigenvalue weighted by molar-refractivity contribution is 5.94. The molecule has 3 aromatic carbocycles. The number of carbonyl (C=O) groups is 1. The zero-order chi connectivity index (χ0) is 14.7. The minimum Gasteiger partial charge on any atom is -0.295 e. The molecule has 0 fully saturated rings. The molecule has 3 aromatic rings. The van der Waals surface area contributed by atoms with Gasteiger partial charge in [0.1, 0.15) is 0 Å². The Labute approximate surface area is 124 Å². The molecule has 0 aliphatic carbocycles. The predicted octanol–water partition coefficient (Wildman–Crippen LogP) is 4.44. The van der Waals surface area contributed by atoms with Crippen molar-refractivity contribution in [1.29, 1.82) is 0 Å². The monoisotopic (exact) mass is 270 g/mol. The van der Waals surface area contributed by atoms with Crippen LogP contribution in [0.3, 0.4) is 0 Å². The van der Waals surface area contributed by atoms with Gasteiger partial charge in [-0.2, -0.15) is 0 Å². The molecule has 1 heteroatoms. The molecule has 0 aliphatic rings. The van der Waals surface area contributed by atoms with E-state index in [0.29, 0.717) is 5.56 Å². The van der Waals surface area contributed by atoms with Crippen molar-refractivity contribution in [1.82, 2.24) is 0 Å². The first-order valence-electron chi connectivity index (χ1n) is 6.84. The second-order valence-corrected chi connectivity index (χ2v) is 4.95. The molecule has 0 aliphatic heterocycles. The Bertz CT molecular complexity index is 861. The predicted molar refractivity (Wildman–Crippen MR) is 86.4 cm³/mol. The number of benzene rings is 3. The molecule has 0 N–H and O–H groups in total. The Morgan fingerprint density at radius 1 is 0.762 bits per heavy atom. The third-order valence-electron chi connectivity index (χ3n) is 3.39. The van der Waals surface area contributed by atoms with Gasteiger partial charge in [0.25, 0.3) is 0 Å². The molecule has 0 spiro atoms. The molecule has 0 bridgehead atoms. The van der Waals surface area contributed by atoms with Crippen molar-refractivity contribution < 1.29 is 4.79 Å². The van der Waals surface area contributed by atoms with E-state index in [9.17, 15) is 4.79 Å². The summed E-state index contributed by atoms with van der Waals surface area (Å²) in [5, 5.41) is 2.41. The lowest BCUT2D eigenvalue weighted by atomic mass is 10.1. The van der Waals surface area contributed by atoms with Crippen LogP contribution < -0.4 is 0 Å². The van der Waals surface area contributed by atoms with E-state index in [4.69, 9.17) is 0 Å². The van der Waals surface area contributed by atoms with Crippen molar-refractivity contribution in [2.75, 3.05) is 0 Å². The summed E-state index contributed by atoms with van der Waals surface area (Å²) in [6, 6.07) is 21.8. The molecule has 21 heavy (non-hydrogen) atoms. The number of hydrogen-bond acceptors (Lipinski definition) is 1. The van der Waals surface area contributed by atoms with Crippen LogP contribution in [0.1, 0.15) is 28.4 Å². The normalized spacial score (nSPS) is 9.95. The van der Waals surface area contributed by atoms with Crippen LogP contribution in [-0.4, -0.2) is 5.78 Å². The van der Waals surface area contributed by atoms with Crippen LogP contribution in [-0.2, 0) is 0 Å². The average molecular weight is 270 g/mol. The summed E-state index contributed by atoms with van der Waals surface area (Å²) >= 11 is 0. The van der Waals surface area contributed by atoms with Crippen molar-refractivity contribution in [2.24, 2.45) is 0 Å². The van der Waals surface area contributed by atoms with Crippen LogP contribution >= 0.6 is 0 Å². The van der Waals surface area contributed by atoms with Crippen LogP contribution in [0.5, 0.6) is 0 Å². The van der Waals surface area contributed by atoms with Gasteiger partial charge in [-0.25, -0.2) is 0 Å². The van der Waals surface area contributed by atoms with Gasteiger partial charge < -0.3 is 0 Å². The van der Waals surface area contributed by atoms with Crippen molar-refractivity contribution >= 4 is 16.6 Å². The average Bonchev–Trinajstić information content (AvgIpc) is 2.53. The first kappa shape index (κ1) is 13.1. The zero-order valence-corrected chi connectivity index (χ0v) is 11.8. The summed E-state index contributed by atoms with van der Waals surface area (Å²) in [6.07, 6.45) is 0. The van der Waals surface area contributed by atoms with E-state index in [-0.39, 0.29) is 5.78 Å². The third-order valence-corrected chi connectivity index (χ3v) is 3.39. The lowest BCUT2D eigenvalue weighted by Crippen LogP contribution is -1.90. The number of hydrogen-bond donors (Lipinski definition) is 0. The topological polar surface area (TPSA) is 17.1 Å². The smallest absolute Gasteiger partial charge is 0.159 e. The molecule has 0 amide bonds. The van der Waals surface area contributed by atoms with Gasteiger partial charge in [0.2, 0.25) is 0 Å². The van der Waals surface area contributed by atoms with Crippen molar-refractivity contribution in [2.45, 2.75) is 6.92 Å². The van der Waals surface area contributed by atoms with E-state index < -0.39 is 0 Å². The molecule has 0 aromatic heterocycles. The lowest BCUT2D eigenvalue weighted by molar-refractivity contribution is 0.101. The maximum atomic E-state index is 11.2. The van der Waals surface area contributed by atoms with Gasteiger partial charge in [-0.15, -0.1) is 0 Å². The standard InChI is InChI=1S/C20H14O/c1-15(21)18-11-8-16(9-12-18)6-7-17-10-13-19-4-2-3-5-20(19)14-17/h2-5,8-14H,1H3. The Morgan fingerprint density at radius 3 is 2.10 bits per heavy atom. The van der Waals surface area contributed by atoms with Crippen molar-refractivity contribution in [3.63, 3.8) is 0 Å². The van der Waals surface area contributed by atoms with E-state index >= 15 is 0 Å². The fourth-order valence-electron chi connectivity index (χ4n) is 2.20.